The van der Waals surface area contributed by atoms with Crippen molar-refractivity contribution >= 4 is 41.5 Å². The number of carbonyl (C=O) groups excluding carboxylic acids is 4. The standard InChI is InChI=1S/C21H38N8O8/c1-3-10(2)16(29-17(33)11(22)9-14(23)30)19(35)27-12(6-7-15(31)32)18(34)28-13(20(36)37)5-4-8-26-21(24)25/h10-13,16H,3-9,22H2,1-2H3,(H2,23,30)(H,27,35)(H,28,34)(H,29,33)(H,31,32)(H,36,37)(H4,24,25,26). The van der Waals surface area contributed by atoms with Crippen LogP contribution in [0, 0.1) is 5.92 Å². The molecule has 0 aliphatic heterocycles. The Kier molecular flexibility index (Phi) is 14.9. The number of nitrogens with zero attached hydrogens (tertiary/aromatic N) is 1. The third kappa shape index (κ3) is 13.6. The minimum atomic E-state index is -1.43. The summed E-state index contributed by atoms with van der Waals surface area (Å²) in [5.41, 5.74) is 21.1. The van der Waals surface area contributed by atoms with Crippen molar-refractivity contribution in [3.8, 4) is 0 Å². The number of aliphatic carboxylic acids is 2. The largest absolute Gasteiger partial charge is 0.481 e. The lowest BCUT2D eigenvalue weighted by Gasteiger charge is -2.27. The zero-order valence-electron chi connectivity index (χ0n) is 20.9. The lowest BCUT2D eigenvalue weighted by Crippen LogP contribution is -2.58. The van der Waals surface area contributed by atoms with E-state index in [1.807, 2.05) is 0 Å². The van der Waals surface area contributed by atoms with Gasteiger partial charge in [-0.3, -0.25) is 29.0 Å². The van der Waals surface area contributed by atoms with Crippen LogP contribution in [-0.2, 0) is 28.8 Å². The quantitative estimate of drug-likeness (QED) is 0.0480. The van der Waals surface area contributed by atoms with Crippen molar-refractivity contribution in [3.63, 3.8) is 0 Å². The summed E-state index contributed by atoms with van der Waals surface area (Å²) in [7, 11) is 0. The average Bonchev–Trinajstić information content (AvgIpc) is 2.79. The lowest BCUT2D eigenvalue weighted by atomic mass is 9.97. The van der Waals surface area contributed by atoms with Crippen molar-refractivity contribution in [2.24, 2.45) is 33.8 Å². The molecule has 0 aromatic carbocycles. The van der Waals surface area contributed by atoms with Crippen LogP contribution in [0.5, 0.6) is 0 Å². The fourth-order valence-electron chi connectivity index (χ4n) is 3.10. The molecule has 0 radical (unpaired) electrons. The van der Waals surface area contributed by atoms with E-state index in [0.29, 0.717) is 6.42 Å². The predicted octanol–water partition coefficient (Wildman–Crippen LogP) is -3.31. The third-order valence-corrected chi connectivity index (χ3v) is 5.39. The highest BCUT2D eigenvalue weighted by molar-refractivity contribution is 5.95. The fraction of sp³-hybridized carbons (Fsp3) is 0.667. The molecular formula is C21H38N8O8. The Hall–Kier alpha value is -3.95. The van der Waals surface area contributed by atoms with Gasteiger partial charge in [-0.25, -0.2) is 4.79 Å². The minimum absolute atomic E-state index is 0.0409. The van der Waals surface area contributed by atoms with Crippen molar-refractivity contribution < 1.29 is 39.0 Å². The molecule has 0 rings (SSSR count). The van der Waals surface area contributed by atoms with Crippen molar-refractivity contribution in [1.29, 1.82) is 0 Å². The van der Waals surface area contributed by atoms with Gasteiger partial charge in [-0.05, 0) is 25.2 Å². The number of hydrogen-bond donors (Lipinski definition) is 9. The Morgan fingerprint density at radius 1 is 0.865 bits per heavy atom. The highest BCUT2D eigenvalue weighted by Crippen LogP contribution is 2.10. The first-order chi connectivity index (χ1) is 17.2. The number of carboxylic acid groups (broad SMARTS) is 2. The Labute approximate surface area is 214 Å². The molecule has 0 aromatic rings. The molecule has 4 amide bonds. The number of aliphatic imine (C=N–C) groups is 1. The zero-order chi connectivity index (χ0) is 28.7. The summed E-state index contributed by atoms with van der Waals surface area (Å²) in [4.78, 5) is 75.7. The summed E-state index contributed by atoms with van der Waals surface area (Å²) in [5, 5.41) is 25.6. The second-order valence-electron chi connectivity index (χ2n) is 8.49. The van der Waals surface area contributed by atoms with Crippen LogP contribution in [0.3, 0.4) is 0 Å². The van der Waals surface area contributed by atoms with E-state index in [1.165, 1.54) is 0 Å². The van der Waals surface area contributed by atoms with Crippen LogP contribution in [0.2, 0.25) is 0 Å². The summed E-state index contributed by atoms with van der Waals surface area (Å²) in [6.07, 6.45) is -0.716. The van der Waals surface area contributed by atoms with Crippen LogP contribution in [0.25, 0.3) is 0 Å². The van der Waals surface area contributed by atoms with Gasteiger partial charge in [0.15, 0.2) is 5.96 Å². The fourth-order valence-corrected chi connectivity index (χ4v) is 3.10. The molecular weight excluding hydrogens is 492 g/mol. The highest BCUT2D eigenvalue weighted by atomic mass is 16.4. The molecule has 13 N–H and O–H groups in total. The number of nitrogens with two attached hydrogens (primary N) is 4. The van der Waals surface area contributed by atoms with Gasteiger partial charge < -0.3 is 49.1 Å². The van der Waals surface area contributed by atoms with Crippen LogP contribution >= 0.6 is 0 Å². The van der Waals surface area contributed by atoms with Crippen molar-refractivity contribution in [1.82, 2.24) is 16.0 Å². The number of guanidine groups is 1. The molecule has 5 unspecified atom stereocenters. The first-order valence-corrected chi connectivity index (χ1v) is 11.6. The Balaban J connectivity index is 5.61. The van der Waals surface area contributed by atoms with Crippen LogP contribution in [0.4, 0.5) is 0 Å². The summed E-state index contributed by atoms with van der Waals surface area (Å²) in [5.74, 6) is -6.61. The first-order valence-electron chi connectivity index (χ1n) is 11.6. The molecule has 16 nitrogen and oxygen atoms in total. The molecule has 0 saturated carbocycles. The van der Waals surface area contributed by atoms with Gasteiger partial charge in [0.05, 0.1) is 12.5 Å². The van der Waals surface area contributed by atoms with Crippen LogP contribution in [-0.4, -0.2) is 82.5 Å². The topological polar surface area (TPSA) is 295 Å². The van der Waals surface area contributed by atoms with E-state index < -0.39 is 78.5 Å². The molecule has 210 valence electrons. The van der Waals surface area contributed by atoms with Crippen LogP contribution in [0.1, 0.15) is 52.4 Å². The van der Waals surface area contributed by atoms with Gasteiger partial charge in [0.25, 0.3) is 0 Å². The summed E-state index contributed by atoms with van der Waals surface area (Å²) in [6, 6.07) is -5.28. The van der Waals surface area contributed by atoms with Gasteiger partial charge >= 0.3 is 11.9 Å². The smallest absolute Gasteiger partial charge is 0.326 e. The SMILES string of the molecule is CCC(C)C(NC(=O)C(N)CC(N)=O)C(=O)NC(CCC(=O)O)C(=O)NC(CCCN=C(N)N)C(=O)O. The van der Waals surface area contributed by atoms with E-state index in [4.69, 9.17) is 28.0 Å². The maximum Gasteiger partial charge on any atom is 0.326 e. The lowest BCUT2D eigenvalue weighted by molar-refractivity contribution is -0.143. The molecule has 0 aliphatic rings. The third-order valence-electron chi connectivity index (χ3n) is 5.39. The van der Waals surface area contributed by atoms with Crippen molar-refractivity contribution in [2.75, 3.05) is 6.54 Å². The van der Waals surface area contributed by atoms with E-state index in [1.54, 1.807) is 13.8 Å². The number of amides is 4. The summed E-state index contributed by atoms with van der Waals surface area (Å²) >= 11 is 0. The maximum absolute atomic E-state index is 13.0. The van der Waals surface area contributed by atoms with Gasteiger partial charge in [0, 0.05) is 13.0 Å². The first kappa shape index (κ1) is 33.0. The van der Waals surface area contributed by atoms with E-state index in [9.17, 15) is 33.9 Å². The molecule has 37 heavy (non-hydrogen) atoms. The second-order valence-corrected chi connectivity index (χ2v) is 8.49. The molecule has 5 atom stereocenters. The second kappa shape index (κ2) is 16.7. The normalized spacial score (nSPS) is 14.7. The van der Waals surface area contributed by atoms with Crippen LogP contribution in [0.15, 0.2) is 4.99 Å². The van der Waals surface area contributed by atoms with Gasteiger partial charge in [0.1, 0.15) is 18.1 Å². The molecule has 0 heterocycles. The van der Waals surface area contributed by atoms with E-state index in [-0.39, 0.29) is 31.8 Å². The Morgan fingerprint density at radius 3 is 1.95 bits per heavy atom. The summed E-state index contributed by atoms with van der Waals surface area (Å²) < 4.78 is 0. The van der Waals surface area contributed by atoms with Gasteiger partial charge in [0.2, 0.25) is 23.6 Å². The number of hydrogen-bond acceptors (Lipinski definition) is 8. The Morgan fingerprint density at radius 2 is 1.46 bits per heavy atom. The predicted molar refractivity (Wildman–Crippen MR) is 131 cm³/mol. The molecule has 0 aromatic heterocycles. The van der Waals surface area contributed by atoms with Gasteiger partial charge in [-0.15, -0.1) is 0 Å². The number of nitrogens with one attached hydrogen (secondary N) is 3. The Bertz CT molecular complexity index is 861. The van der Waals surface area contributed by atoms with Crippen molar-refractivity contribution in [3.05, 3.63) is 0 Å². The molecule has 0 aliphatic carbocycles. The number of primary amides is 1. The average molecular weight is 531 g/mol. The maximum atomic E-state index is 13.0. The molecule has 16 heteroatoms. The minimum Gasteiger partial charge on any atom is -0.481 e. The van der Waals surface area contributed by atoms with Crippen LogP contribution < -0.4 is 38.9 Å². The zero-order valence-corrected chi connectivity index (χ0v) is 20.9. The molecule has 0 spiro atoms. The van der Waals surface area contributed by atoms with Gasteiger partial charge in [-0.2, -0.15) is 0 Å². The van der Waals surface area contributed by atoms with E-state index in [0.717, 1.165) is 0 Å². The monoisotopic (exact) mass is 530 g/mol. The highest BCUT2D eigenvalue weighted by Gasteiger charge is 2.32. The van der Waals surface area contributed by atoms with E-state index in [2.05, 4.69) is 20.9 Å². The molecule has 0 saturated heterocycles. The number of carboxylic acids is 2. The molecule has 0 bridgehead atoms. The molecule has 0 fully saturated rings. The van der Waals surface area contributed by atoms with Gasteiger partial charge in [-0.1, -0.05) is 20.3 Å². The van der Waals surface area contributed by atoms with E-state index >= 15 is 0 Å². The number of rotatable bonds is 18. The summed E-state index contributed by atoms with van der Waals surface area (Å²) in [6.45, 7) is 3.51. The van der Waals surface area contributed by atoms with Crippen molar-refractivity contribution in [2.45, 2.75) is 76.5 Å². The number of carbonyl (C=O) groups is 6.